The van der Waals surface area contributed by atoms with Gasteiger partial charge < -0.3 is 15.6 Å². The predicted molar refractivity (Wildman–Crippen MR) is 83.7 cm³/mol. The van der Waals surface area contributed by atoms with E-state index in [-0.39, 0.29) is 30.9 Å². The van der Waals surface area contributed by atoms with Crippen LogP contribution in [0.5, 0.6) is 0 Å². The summed E-state index contributed by atoms with van der Waals surface area (Å²) in [4.78, 5) is 11.6. The highest BCUT2D eigenvalue weighted by Crippen LogP contribution is 2.08. The van der Waals surface area contributed by atoms with Crippen LogP contribution in [0.1, 0.15) is 32.8 Å². The van der Waals surface area contributed by atoms with Gasteiger partial charge in [0.2, 0.25) is 0 Å². The van der Waals surface area contributed by atoms with E-state index in [4.69, 9.17) is 15.6 Å². The van der Waals surface area contributed by atoms with Crippen molar-refractivity contribution >= 4 is 18.4 Å². The summed E-state index contributed by atoms with van der Waals surface area (Å²) >= 11 is 0. The largest absolute Gasteiger partial charge is 0.460 e. The van der Waals surface area contributed by atoms with Crippen LogP contribution in [0.15, 0.2) is 30.3 Å². The summed E-state index contributed by atoms with van der Waals surface area (Å²) in [6, 6.07) is 9.07. The highest BCUT2D eigenvalue weighted by Gasteiger charge is 2.20. The van der Waals surface area contributed by atoms with Crippen LogP contribution >= 0.6 is 12.4 Å². The molecule has 0 aliphatic rings. The lowest BCUT2D eigenvalue weighted by atomic mass is 10.0. The fourth-order valence-corrected chi connectivity index (χ4v) is 1.31. The van der Waals surface area contributed by atoms with E-state index < -0.39 is 6.04 Å². The van der Waals surface area contributed by atoms with E-state index in [1.165, 1.54) is 0 Å². The van der Waals surface area contributed by atoms with E-state index in [0.29, 0.717) is 6.61 Å². The number of esters is 1. The zero-order valence-electron chi connectivity index (χ0n) is 12.4. The third-order valence-electron chi connectivity index (χ3n) is 2.75. The van der Waals surface area contributed by atoms with Crippen LogP contribution in [-0.4, -0.2) is 23.7 Å². The zero-order chi connectivity index (χ0) is 14.7. The van der Waals surface area contributed by atoms with Gasteiger partial charge in [0, 0.05) is 6.61 Å². The van der Waals surface area contributed by atoms with Crippen LogP contribution in [-0.2, 0) is 16.1 Å². The molecule has 2 atom stereocenters. The van der Waals surface area contributed by atoms with Crippen molar-refractivity contribution in [1.82, 2.24) is 0 Å². The highest BCUT2D eigenvalue weighted by molar-refractivity contribution is 5.85. The summed E-state index contributed by atoms with van der Waals surface area (Å²) in [5, 5.41) is 7.57. The number of hydrogen-bond donors (Lipinski definition) is 2. The van der Waals surface area contributed by atoms with Crippen molar-refractivity contribution in [2.75, 3.05) is 6.61 Å². The third kappa shape index (κ3) is 8.91. The molecule has 0 amide bonds. The van der Waals surface area contributed by atoms with Gasteiger partial charge in [-0.15, -0.1) is 12.4 Å². The van der Waals surface area contributed by atoms with E-state index in [9.17, 15) is 4.79 Å². The minimum Gasteiger partial charge on any atom is -0.460 e. The average Bonchev–Trinajstić information content (AvgIpc) is 2.45. The molecule has 3 N–H and O–H groups in total. The summed E-state index contributed by atoms with van der Waals surface area (Å²) < 4.78 is 5.15. The van der Waals surface area contributed by atoms with Crippen molar-refractivity contribution in [2.24, 2.45) is 11.7 Å². The molecule has 2 unspecified atom stereocenters. The zero-order valence-corrected chi connectivity index (χ0v) is 13.2. The first kappa shape index (κ1) is 21.2. The highest BCUT2D eigenvalue weighted by atomic mass is 35.5. The van der Waals surface area contributed by atoms with Crippen LogP contribution in [0.4, 0.5) is 0 Å². The maximum absolute atomic E-state index is 11.6. The molecule has 0 saturated heterocycles. The lowest BCUT2D eigenvalue weighted by molar-refractivity contribution is -0.147. The number of rotatable bonds is 5. The normalized spacial score (nSPS) is 12.2. The molecule has 0 saturated carbocycles. The second-order valence-corrected chi connectivity index (χ2v) is 4.32. The van der Waals surface area contributed by atoms with E-state index in [2.05, 4.69) is 0 Å². The Labute approximate surface area is 127 Å². The molecule has 1 aromatic carbocycles. The second kappa shape index (κ2) is 12.9. The molecule has 1 rings (SSSR count). The number of nitrogens with two attached hydrogens (primary N) is 1. The van der Waals surface area contributed by atoms with E-state index in [1.54, 1.807) is 6.92 Å². The maximum atomic E-state index is 11.6. The van der Waals surface area contributed by atoms with E-state index >= 15 is 0 Å². The minimum atomic E-state index is -0.520. The molecular weight excluding hydrogens is 278 g/mol. The van der Waals surface area contributed by atoms with Crippen molar-refractivity contribution < 1.29 is 14.6 Å². The molecule has 0 aromatic heterocycles. The predicted octanol–water partition coefficient (Wildman–Crippen LogP) is 2.52. The maximum Gasteiger partial charge on any atom is 0.323 e. The molecule has 0 aliphatic carbocycles. The Morgan fingerprint density at radius 1 is 1.30 bits per heavy atom. The lowest BCUT2D eigenvalue weighted by Crippen LogP contribution is -2.37. The Balaban J connectivity index is 0. The molecule has 4 nitrogen and oxygen atoms in total. The van der Waals surface area contributed by atoms with Gasteiger partial charge in [0.05, 0.1) is 0 Å². The molecule has 0 bridgehead atoms. The topological polar surface area (TPSA) is 72.6 Å². The van der Waals surface area contributed by atoms with Crippen LogP contribution in [0, 0.1) is 5.92 Å². The first-order chi connectivity index (χ1) is 9.06. The minimum absolute atomic E-state index is 0. The second-order valence-electron chi connectivity index (χ2n) is 4.32. The molecule has 0 radical (unpaired) electrons. The van der Waals surface area contributed by atoms with Gasteiger partial charge in [0.25, 0.3) is 0 Å². The Kier molecular flexibility index (Phi) is 13.7. The van der Waals surface area contributed by atoms with Crippen molar-refractivity contribution in [3.8, 4) is 0 Å². The quantitative estimate of drug-likeness (QED) is 0.820. The van der Waals surface area contributed by atoms with Crippen molar-refractivity contribution in [1.29, 1.82) is 0 Å². The molecule has 0 fully saturated rings. The number of aliphatic hydroxyl groups excluding tert-OH is 1. The smallest absolute Gasteiger partial charge is 0.323 e. The Morgan fingerprint density at radius 2 is 1.80 bits per heavy atom. The summed E-state index contributed by atoms with van der Waals surface area (Å²) in [6.07, 6.45) is 0.877. The van der Waals surface area contributed by atoms with Crippen LogP contribution < -0.4 is 5.73 Å². The van der Waals surface area contributed by atoms with Gasteiger partial charge in [-0.3, -0.25) is 4.79 Å². The van der Waals surface area contributed by atoms with E-state index in [0.717, 1.165) is 12.0 Å². The number of aliphatic hydroxyl groups is 1. The fourth-order valence-electron chi connectivity index (χ4n) is 1.31. The van der Waals surface area contributed by atoms with Crippen molar-refractivity contribution in [3.63, 3.8) is 0 Å². The molecular formula is C15H26ClNO3. The van der Waals surface area contributed by atoms with Gasteiger partial charge in [-0.05, 0) is 18.4 Å². The number of halogens is 1. The third-order valence-corrected chi connectivity index (χ3v) is 2.75. The van der Waals surface area contributed by atoms with E-state index in [1.807, 2.05) is 44.2 Å². The molecule has 1 aromatic rings. The molecule has 0 aliphatic heterocycles. The monoisotopic (exact) mass is 303 g/mol. The number of ether oxygens (including phenoxy) is 1. The van der Waals surface area contributed by atoms with Gasteiger partial charge in [-0.2, -0.15) is 0 Å². The Bertz CT molecular complexity index is 346. The number of carbonyl (C=O) groups is 1. The summed E-state index contributed by atoms with van der Waals surface area (Å²) in [5.74, 6) is -0.165. The lowest BCUT2D eigenvalue weighted by Gasteiger charge is -2.16. The first-order valence-corrected chi connectivity index (χ1v) is 6.63. The van der Waals surface area contributed by atoms with Gasteiger partial charge in [0.1, 0.15) is 12.6 Å². The number of carbonyl (C=O) groups excluding carboxylic acids is 1. The number of hydrogen-bond acceptors (Lipinski definition) is 4. The molecule has 20 heavy (non-hydrogen) atoms. The van der Waals surface area contributed by atoms with Gasteiger partial charge >= 0.3 is 5.97 Å². The van der Waals surface area contributed by atoms with Crippen LogP contribution in [0.3, 0.4) is 0 Å². The van der Waals surface area contributed by atoms with Crippen molar-refractivity contribution in [3.05, 3.63) is 35.9 Å². The molecule has 0 heterocycles. The fraction of sp³-hybridized carbons (Fsp3) is 0.533. The van der Waals surface area contributed by atoms with Crippen LogP contribution in [0.2, 0.25) is 0 Å². The molecule has 5 heteroatoms. The van der Waals surface area contributed by atoms with Gasteiger partial charge in [-0.1, -0.05) is 50.6 Å². The average molecular weight is 304 g/mol. The van der Waals surface area contributed by atoms with Gasteiger partial charge in [0.15, 0.2) is 0 Å². The Hall–Kier alpha value is -1.10. The summed E-state index contributed by atoms with van der Waals surface area (Å²) in [7, 11) is 0. The number of benzene rings is 1. The van der Waals surface area contributed by atoms with Crippen LogP contribution in [0.25, 0.3) is 0 Å². The summed E-state index contributed by atoms with van der Waals surface area (Å²) in [6.45, 7) is 6.19. The molecule has 116 valence electrons. The molecule has 0 spiro atoms. The van der Waals surface area contributed by atoms with Gasteiger partial charge in [-0.25, -0.2) is 0 Å². The Morgan fingerprint density at radius 3 is 2.25 bits per heavy atom. The van der Waals surface area contributed by atoms with Crippen molar-refractivity contribution in [2.45, 2.75) is 39.8 Å². The SMILES string of the molecule is CCC(C)C(N)C(=O)OCc1ccccc1.CCO.Cl. The standard InChI is InChI=1S/C13H19NO2.C2H6O.ClH/c1-3-10(2)12(14)13(15)16-9-11-7-5-4-6-8-11;1-2-3;/h4-8,10,12H,3,9,14H2,1-2H3;3H,2H2,1H3;1H. The first-order valence-electron chi connectivity index (χ1n) is 6.63. The summed E-state index contributed by atoms with van der Waals surface area (Å²) in [5.41, 5.74) is 6.74.